The van der Waals surface area contributed by atoms with E-state index in [-0.39, 0.29) is 112 Å². The summed E-state index contributed by atoms with van der Waals surface area (Å²) in [6.07, 6.45) is -40.0. The van der Waals surface area contributed by atoms with Gasteiger partial charge >= 0.3 is 85.4 Å². The van der Waals surface area contributed by atoms with Crippen LogP contribution in [0.2, 0.25) is 0 Å². The molecule has 5 aromatic heterocycles. The number of fused-ring (bicyclic) bond motifs is 5. The molecule has 5 aliphatic rings. The highest BCUT2D eigenvalue weighted by atomic mass is 19.4. The van der Waals surface area contributed by atoms with E-state index in [9.17, 15) is 157 Å². The monoisotopic (exact) mass is 2140 g/mol. The van der Waals surface area contributed by atoms with Gasteiger partial charge in [0.05, 0.1) is 66.8 Å². The van der Waals surface area contributed by atoms with Crippen molar-refractivity contribution in [3.8, 4) is 0 Å². The zero-order valence-corrected chi connectivity index (χ0v) is 77.9. The number of aryl methyl sites for hydroxylation is 5. The van der Waals surface area contributed by atoms with Crippen LogP contribution in [0.15, 0.2) is 146 Å². The molecule has 0 saturated carbocycles. The predicted octanol–water partition coefficient (Wildman–Crippen LogP) is 20.8. The Kier molecular flexibility index (Phi) is 33.6. The zero-order chi connectivity index (χ0) is 110. The Hall–Kier alpha value is -15.2. The summed E-state index contributed by atoms with van der Waals surface area (Å²) in [6, 6.07) is 27.1. The van der Waals surface area contributed by atoms with Crippen molar-refractivity contribution in [2.24, 2.45) is 0 Å². The van der Waals surface area contributed by atoms with Gasteiger partial charge in [0.2, 0.25) is 0 Å². The van der Waals surface area contributed by atoms with Crippen LogP contribution in [-0.2, 0) is 129 Å². The van der Waals surface area contributed by atoms with Crippen molar-refractivity contribution in [2.75, 3.05) is 79.0 Å². The Morgan fingerprint density at radius 2 is 0.550 bits per heavy atom. The lowest BCUT2D eigenvalue weighted by Crippen LogP contribution is -2.35. The summed E-state index contributed by atoms with van der Waals surface area (Å²) in [5.41, 5.74) is -10.6. The van der Waals surface area contributed by atoms with E-state index in [0.717, 1.165) is 86.2 Å². The number of methoxy groups -OCH3 is 3. The number of esters is 3. The van der Waals surface area contributed by atoms with Crippen molar-refractivity contribution in [2.45, 2.75) is 173 Å². The molecule has 16 rings (SSSR count). The molecule has 0 aliphatic carbocycles. The molecule has 5 aliphatic heterocycles. The minimum atomic E-state index is -4.94. The number of ether oxygens (including phenoxy) is 3. The first-order valence-electron chi connectivity index (χ1n) is 44.3. The molecule has 6 aromatic carbocycles. The third kappa shape index (κ3) is 26.7. The topological polar surface area (TPSA) is 326 Å². The number of benzene rings is 6. The average Bonchev–Trinajstić information content (AvgIpc) is 1.65. The molecule has 5 N–H and O–H groups in total. The molecule has 2 amide bonds. The highest BCUT2D eigenvalue weighted by Gasteiger charge is 2.50. The first-order valence-corrected chi connectivity index (χ1v) is 44.3. The fourth-order valence-corrected chi connectivity index (χ4v) is 16.6. The molecular formula is C93H84F27N17O12. The minimum Gasteiger partial charge on any atom is -0.478 e. The number of anilines is 5. The van der Waals surface area contributed by atoms with Gasteiger partial charge < -0.3 is 60.0 Å². The maximum atomic E-state index is 14.0. The third-order valence-corrected chi connectivity index (χ3v) is 23.5. The highest BCUT2D eigenvalue weighted by molar-refractivity contribution is 6.02. The van der Waals surface area contributed by atoms with Gasteiger partial charge in [-0.2, -0.15) is 144 Å². The van der Waals surface area contributed by atoms with Gasteiger partial charge in [-0.15, -0.1) is 0 Å². The number of hydrogen-bond donors (Lipinski definition) is 5. The number of carboxylic acids is 2. The van der Waals surface area contributed by atoms with Crippen LogP contribution in [0.3, 0.4) is 0 Å². The van der Waals surface area contributed by atoms with Crippen molar-refractivity contribution >= 4 is 70.8 Å². The molecule has 29 nitrogen and oxygen atoms in total. The number of carbonyl (C=O) groups excluding carboxylic acids is 5. The van der Waals surface area contributed by atoms with E-state index in [0.29, 0.717) is 85.1 Å². The van der Waals surface area contributed by atoms with Crippen molar-refractivity contribution in [1.82, 2.24) is 59.5 Å². The Bertz CT molecular complexity index is 6640. The van der Waals surface area contributed by atoms with Gasteiger partial charge in [0, 0.05) is 91.6 Å². The molecule has 0 spiro atoms. The Labute approximate surface area is 824 Å². The van der Waals surface area contributed by atoms with Crippen LogP contribution < -0.4 is 35.6 Å². The second kappa shape index (κ2) is 44.4. The minimum absolute atomic E-state index is 0.0104. The van der Waals surface area contributed by atoms with Gasteiger partial charge in [-0.25, -0.2) is 47.4 Å². The van der Waals surface area contributed by atoms with Crippen LogP contribution in [0.4, 0.5) is 148 Å². The first-order chi connectivity index (χ1) is 69.5. The summed E-state index contributed by atoms with van der Waals surface area (Å²) >= 11 is 0. The lowest BCUT2D eigenvalue weighted by Gasteiger charge is -2.30. The van der Waals surface area contributed by atoms with Crippen LogP contribution in [0.1, 0.15) is 215 Å². The van der Waals surface area contributed by atoms with E-state index < -0.39 is 188 Å². The Morgan fingerprint density at radius 3 is 0.826 bits per heavy atom. The third-order valence-electron chi connectivity index (χ3n) is 23.5. The number of carboxylic acid groups (broad SMARTS) is 2. The van der Waals surface area contributed by atoms with Gasteiger partial charge in [0.15, 0.2) is 28.5 Å². The lowest BCUT2D eigenvalue weighted by molar-refractivity contribution is -0.142. The van der Waals surface area contributed by atoms with Crippen molar-refractivity contribution in [1.29, 1.82) is 0 Å². The van der Waals surface area contributed by atoms with Gasteiger partial charge in [-0.3, -0.25) is 9.59 Å². The molecule has 802 valence electrons. The summed E-state index contributed by atoms with van der Waals surface area (Å²) in [6.45, 7) is 5.56. The van der Waals surface area contributed by atoms with E-state index in [4.69, 9.17) is 5.11 Å². The van der Waals surface area contributed by atoms with E-state index in [1.807, 2.05) is 0 Å². The number of aromatic nitrogens is 10. The van der Waals surface area contributed by atoms with Crippen LogP contribution in [-0.4, -0.2) is 155 Å². The van der Waals surface area contributed by atoms with Crippen LogP contribution in [0.25, 0.3) is 0 Å². The van der Waals surface area contributed by atoms with Gasteiger partial charge in [-0.1, -0.05) is 72.8 Å². The Balaban J connectivity index is 0.000000169. The standard InChI is InChI=1S/C26H24F6N4O3.C25H22F6N4O3.C17H15F6N3O2.C16H13F6N3O2.C9H10F3N3O2/c1-15(17-6-8-18(9-7-17)24(38)39-2)33-22(37)20-21(26(30,31)32)34-36-13-3-12-35(23(20)36)14-16-4-10-19(11-5-16)25(27,28)29;1-14(16-5-7-17(8-6-16)23(37)38)32-21(36)19-20(25(29,30)31)33-35-12-2-11-34(22(19)35)13-15-3-9-18(10-4-15)24(26,27)28;1-28-15(27)12-13(17(21,22)23)24-26-8-2-7-25(14(12)26)9-10-3-5-11(6-4-10)16(18,19)20;17-15(18,19)10-4-2-9(3-5-10)8-24-6-1-7-25-13(24)11(14(26)27)12(23-25)16(20,21)22;1-17-8(16)5-6(9(10,11)12)14-15-4-2-3-13-7(5)15/h4-11,15H,3,12-14H2,1-2H3,(H,33,37);3-10,14H,2,11-13H2,1H3,(H,32,36)(H,37,38);3-6H,2,7-9H2,1H3;2-5H,1,6-8H2,(H,26,27);13H,2-4H2,1H3/t15-;14-;;;/m00.../s1. The fraction of sp³-hybridized carbons (Fsp3) is 0.376. The van der Waals surface area contributed by atoms with Crippen molar-refractivity contribution in [3.05, 3.63) is 269 Å². The smallest absolute Gasteiger partial charge is 0.436 e. The molecule has 0 fully saturated rings. The SMILES string of the molecule is COC(=O)c1c(C(F)(F)F)nn2c1N(Cc1ccc(C(F)(F)F)cc1)CCC2.COC(=O)c1c(C(F)(F)F)nn2c1NCCC2.COC(=O)c1ccc([C@H](C)NC(=O)c2c(C(F)(F)F)nn3c2N(Cc2ccc(C(F)(F)F)cc2)CCC3)cc1.C[C@H](NC(=O)c1c(C(F)(F)F)nn2c1N(Cc1ccc(C(F)(F)F)cc1)CCC2)c1ccc(C(=O)O)cc1.O=C(O)c1c(C(F)(F)F)nn2c1N(Cc1ccc(C(F)(F)F)cc1)CCC2. The van der Waals surface area contributed by atoms with Gasteiger partial charge in [0.1, 0.15) is 56.9 Å². The summed E-state index contributed by atoms with van der Waals surface area (Å²) < 4.78 is 374. The number of rotatable bonds is 19. The zero-order valence-electron chi connectivity index (χ0n) is 77.9. The molecular weight excluding hydrogens is 2060 g/mol. The van der Waals surface area contributed by atoms with Crippen LogP contribution in [0, 0.1) is 0 Å². The largest absolute Gasteiger partial charge is 0.478 e. The summed E-state index contributed by atoms with van der Waals surface area (Å²) in [4.78, 5) is 90.1. The lowest BCUT2D eigenvalue weighted by atomic mass is 10.0. The molecule has 0 bridgehead atoms. The number of aromatic carboxylic acids is 2. The summed E-state index contributed by atoms with van der Waals surface area (Å²) in [5.74, 6) is -8.02. The van der Waals surface area contributed by atoms with Crippen molar-refractivity contribution in [3.63, 3.8) is 0 Å². The quantitative estimate of drug-likeness (QED) is 0.0285. The van der Waals surface area contributed by atoms with E-state index in [1.54, 1.807) is 19.1 Å². The molecule has 0 unspecified atom stereocenters. The fourth-order valence-electron chi connectivity index (χ4n) is 16.6. The number of carbonyl (C=O) groups is 7. The molecule has 2 atom stereocenters. The maximum Gasteiger partial charge on any atom is 0.436 e. The molecule has 11 aromatic rings. The Morgan fingerprint density at radius 1 is 0.302 bits per heavy atom. The molecule has 0 saturated heterocycles. The normalized spacial score (nSPS) is 14.7. The van der Waals surface area contributed by atoms with Gasteiger partial charge in [0.25, 0.3) is 11.8 Å². The molecule has 56 heteroatoms. The number of amides is 2. The molecule has 0 radical (unpaired) electrons. The maximum absolute atomic E-state index is 14.0. The summed E-state index contributed by atoms with van der Waals surface area (Å²) in [7, 11) is 3.23. The number of halogens is 27. The van der Waals surface area contributed by atoms with Gasteiger partial charge in [-0.05, 0) is 152 Å². The second-order valence-corrected chi connectivity index (χ2v) is 33.7. The van der Waals surface area contributed by atoms with Crippen LogP contribution in [0.5, 0.6) is 0 Å². The molecule has 10 heterocycles. The predicted molar refractivity (Wildman–Crippen MR) is 470 cm³/mol. The number of nitrogens with zero attached hydrogens (tertiary/aromatic N) is 14. The van der Waals surface area contributed by atoms with Crippen molar-refractivity contribution < 1.29 is 177 Å². The van der Waals surface area contributed by atoms with Crippen LogP contribution >= 0.6 is 0 Å². The number of hydrogen-bond acceptors (Lipinski definition) is 20. The average molecular weight is 2140 g/mol. The van der Waals surface area contributed by atoms with E-state index in [1.165, 1.54) is 119 Å². The number of alkyl halides is 27. The van der Waals surface area contributed by atoms with E-state index in [2.05, 4.69) is 55.7 Å². The molecule has 149 heavy (non-hydrogen) atoms. The second-order valence-electron chi connectivity index (χ2n) is 33.7. The number of nitrogens with one attached hydrogen (secondary N) is 3. The first kappa shape index (κ1) is 113. The summed E-state index contributed by atoms with van der Waals surface area (Å²) in [5, 5.41) is 43.9. The highest BCUT2D eigenvalue weighted by Crippen LogP contribution is 2.46. The van der Waals surface area contributed by atoms with E-state index >= 15 is 0 Å².